The summed E-state index contributed by atoms with van der Waals surface area (Å²) in [5.41, 5.74) is 1.94. The summed E-state index contributed by atoms with van der Waals surface area (Å²) in [6.45, 7) is 5.13. The molecule has 1 saturated heterocycles. The highest BCUT2D eigenvalue weighted by molar-refractivity contribution is 6.34. The lowest BCUT2D eigenvalue weighted by molar-refractivity contribution is 0.393. The van der Waals surface area contributed by atoms with Crippen LogP contribution >= 0.6 is 23.2 Å². The molecule has 0 aromatic carbocycles. The Balaban J connectivity index is 1.98. The molecule has 2 N–H and O–H groups in total. The molecule has 1 aliphatic rings. The molecular formula is C12H17Cl2N3. The first-order valence-electron chi connectivity index (χ1n) is 5.94. The second-order valence-electron chi connectivity index (χ2n) is 4.52. The fourth-order valence-corrected chi connectivity index (χ4v) is 2.75. The van der Waals surface area contributed by atoms with Gasteiger partial charge in [0.25, 0.3) is 0 Å². The van der Waals surface area contributed by atoms with Crippen molar-refractivity contribution in [3.8, 4) is 0 Å². The number of nitrogens with one attached hydrogen (secondary N) is 2. The molecule has 1 aromatic heterocycles. The Morgan fingerprint density at radius 1 is 1.53 bits per heavy atom. The maximum Gasteiger partial charge on any atom is 0.154 e. The SMILES string of the molecule is Cc1cc(Cl)nc(Cl)c1NCC1CCCNC1. The van der Waals surface area contributed by atoms with E-state index in [0.29, 0.717) is 16.2 Å². The molecule has 1 unspecified atom stereocenters. The molecule has 0 spiro atoms. The Hall–Kier alpha value is -0.510. The Labute approximate surface area is 112 Å². The smallest absolute Gasteiger partial charge is 0.154 e. The quantitative estimate of drug-likeness (QED) is 0.831. The van der Waals surface area contributed by atoms with Crippen LogP contribution in [-0.2, 0) is 0 Å². The molecule has 2 rings (SSSR count). The third-order valence-corrected chi connectivity index (χ3v) is 3.57. The van der Waals surface area contributed by atoms with Crippen molar-refractivity contribution in [1.82, 2.24) is 10.3 Å². The van der Waals surface area contributed by atoms with Gasteiger partial charge in [0, 0.05) is 6.54 Å². The standard InChI is InChI=1S/C12H17Cl2N3/c1-8-5-10(13)17-12(14)11(8)16-7-9-3-2-4-15-6-9/h5,9,15-16H,2-4,6-7H2,1H3. The second-order valence-corrected chi connectivity index (χ2v) is 5.27. The zero-order valence-electron chi connectivity index (χ0n) is 9.89. The Morgan fingerprint density at radius 2 is 2.35 bits per heavy atom. The average Bonchev–Trinajstić information content (AvgIpc) is 2.29. The van der Waals surface area contributed by atoms with Crippen LogP contribution in [0, 0.1) is 12.8 Å². The van der Waals surface area contributed by atoms with Gasteiger partial charge < -0.3 is 10.6 Å². The molecule has 1 aromatic rings. The number of nitrogens with zero attached hydrogens (tertiary/aromatic N) is 1. The average molecular weight is 274 g/mol. The molecular weight excluding hydrogens is 257 g/mol. The number of halogens is 2. The molecule has 3 nitrogen and oxygen atoms in total. The van der Waals surface area contributed by atoms with Crippen LogP contribution in [0.1, 0.15) is 18.4 Å². The predicted molar refractivity (Wildman–Crippen MR) is 73.1 cm³/mol. The van der Waals surface area contributed by atoms with Crippen molar-refractivity contribution < 1.29 is 0 Å². The highest BCUT2D eigenvalue weighted by Crippen LogP contribution is 2.26. The third-order valence-electron chi connectivity index (χ3n) is 3.11. The van der Waals surface area contributed by atoms with E-state index >= 15 is 0 Å². The number of pyridine rings is 1. The molecule has 0 saturated carbocycles. The van der Waals surface area contributed by atoms with Crippen LogP contribution in [-0.4, -0.2) is 24.6 Å². The van der Waals surface area contributed by atoms with E-state index in [2.05, 4.69) is 15.6 Å². The number of anilines is 1. The van der Waals surface area contributed by atoms with E-state index in [1.165, 1.54) is 12.8 Å². The number of aryl methyl sites for hydroxylation is 1. The van der Waals surface area contributed by atoms with E-state index in [0.717, 1.165) is 30.9 Å². The first kappa shape index (κ1) is 12.9. The number of hydrogen-bond donors (Lipinski definition) is 2. The molecule has 17 heavy (non-hydrogen) atoms. The molecule has 1 aliphatic heterocycles. The van der Waals surface area contributed by atoms with Gasteiger partial charge in [0.2, 0.25) is 0 Å². The Morgan fingerprint density at radius 3 is 3.00 bits per heavy atom. The van der Waals surface area contributed by atoms with Crippen LogP contribution < -0.4 is 10.6 Å². The first-order chi connectivity index (χ1) is 8.16. The Kier molecular flexibility index (Phi) is 4.48. The van der Waals surface area contributed by atoms with Gasteiger partial charge in [-0.1, -0.05) is 23.2 Å². The van der Waals surface area contributed by atoms with Crippen molar-refractivity contribution in [3.05, 3.63) is 21.9 Å². The van der Waals surface area contributed by atoms with Crippen LogP contribution in [0.2, 0.25) is 10.3 Å². The number of rotatable bonds is 3. The molecule has 0 bridgehead atoms. The summed E-state index contributed by atoms with van der Waals surface area (Å²) in [6.07, 6.45) is 2.51. The molecule has 2 heterocycles. The van der Waals surface area contributed by atoms with Crippen LogP contribution in [0.4, 0.5) is 5.69 Å². The Bertz CT molecular complexity index is 366. The minimum atomic E-state index is 0.442. The van der Waals surface area contributed by atoms with Gasteiger partial charge in [0.05, 0.1) is 5.69 Å². The zero-order chi connectivity index (χ0) is 12.3. The van der Waals surface area contributed by atoms with Crippen LogP contribution in [0.25, 0.3) is 0 Å². The zero-order valence-corrected chi connectivity index (χ0v) is 11.4. The molecule has 0 aliphatic carbocycles. The van der Waals surface area contributed by atoms with Crippen LogP contribution in [0.15, 0.2) is 6.07 Å². The summed E-state index contributed by atoms with van der Waals surface area (Å²) in [5, 5.41) is 7.68. The van der Waals surface area contributed by atoms with E-state index in [9.17, 15) is 0 Å². The molecule has 1 atom stereocenters. The van der Waals surface area contributed by atoms with Crippen molar-refractivity contribution in [2.45, 2.75) is 19.8 Å². The molecule has 94 valence electrons. The number of hydrogen-bond acceptors (Lipinski definition) is 3. The first-order valence-corrected chi connectivity index (χ1v) is 6.69. The van der Waals surface area contributed by atoms with Crippen molar-refractivity contribution in [3.63, 3.8) is 0 Å². The van der Waals surface area contributed by atoms with Gasteiger partial charge in [-0.2, -0.15) is 0 Å². The summed E-state index contributed by atoms with van der Waals surface area (Å²) in [5.74, 6) is 0.662. The van der Waals surface area contributed by atoms with E-state index in [-0.39, 0.29) is 0 Å². The van der Waals surface area contributed by atoms with E-state index in [4.69, 9.17) is 23.2 Å². The predicted octanol–water partition coefficient (Wildman–Crippen LogP) is 3.11. The highest BCUT2D eigenvalue weighted by atomic mass is 35.5. The lowest BCUT2D eigenvalue weighted by atomic mass is 9.99. The maximum absolute atomic E-state index is 6.08. The van der Waals surface area contributed by atoms with Crippen molar-refractivity contribution >= 4 is 28.9 Å². The maximum atomic E-state index is 6.08. The second kappa shape index (κ2) is 5.89. The minimum absolute atomic E-state index is 0.442. The van der Waals surface area contributed by atoms with Gasteiger partial charge in [-0.05, 0) is 50.4 Å². The lowest BCUT2D eigenvalue weighted by Crippen LogP contribution is -2.33. The van der Waals surface area contributed by atoms with Gasteiger partial charge in [0.1, 0.15) is 5.15 Å². The van der Waals surface area contributed by atoms with E-state index < -0.39 is 0 Å². The highest BCUT2D eigenvalue weighted by Gasteiger charge is 2.14. The van der Waals surface area contributed by atoms with Crippen molar-refractivity contribution in [2.75, 3.05) is 25.0 Å². The third kappa shape index (κ3) is 3.47. The number of aromatic nitrogens is 1. The number of piperidine rings is 1. The summed E-state index contributed by atoms with van der Waals surface area (Å²) in [4.78, 5) is 4.05. The molecule has 0 radical (unpaired) electrons. The van der Waals surface area contributed by atoms with Crippen molar-refractivity contribution in [1.29, 1.82) is 0 Å². The van der Waals surface area contributed by atoms with Crippen molar-refractivity contribution in [2.24, 2.45) is 5.92 Å². The molecule has 5 heteroatoms. The summed E-state index contributed by atoms with van der Waals surface area (Å²) in [7, 11) is 0. The summed E-state index contributed by atoms with van der Waals surface area (Å²) >= 11 is 11.9. The topological polar surface area (TPSA) is 37.0 Å². The normalized spacial score (nSPS) is 20.3. The fourth-order valence-electron chi connectivity index (χ4n) is 2.15. The van der Waals surface area contributed by atoms with E-state index in [1.807, 2.05) is 13.0 Å². The summed E-state index contributed by atoms with van der Waals surface area (Å²) < 4.78 is 0. The largest absolute Gasteiger partial charge is 0.382 e. The molecule has 0 amide bonds. The van der Waals surface area contributed by atoms with Crippen LogP contribution in [0.3, 0.4) is 0 Å². The van der Waals surface area contributed by atoms with Gasteiger partial charge in [-0.15, -0.1) is 0 Å². The fraction of sp³-hybridized carbons (Fsp3) is 0.583. The minimum Gasteiger partial charge on any atom is -0.382 e. The van der Waals surface area contributed by atoms with Gasteiger partial charge >= 0.3 is 0 Å². The van der Waals surface area contributed by atoms with Gasteiger partial charge in [0.15, 0.2) is 5.15 Å². The molecule has 1 fully saturated rings. The lowest BCUT2D eigenvalue weighted by Gasteiger charge is -2.24. The van der Waals surface area contributed by atoms with Crippen LogP contribution in [0.5, 0.6) is 0 Å². The summed E-state index contributed by atoms with van der Waals surface area (Å²) in [6, 6.07) is 1.83. The van der Waals surface area contributed by atoms with E-state index in [1.54, 1.807) is 0 Å². The van der Waals surface area contributed by atoms with Gasteiger partial charge in [-0.25, -0.2) is 4.98 Å². The monoisotopic (exact) mass is 273 g/mol. The van der Waals surface area contributed by atoms with Gasteiger partial charge in [-0.3, -0.25) is 0 Å².